The highest BCUT2D eigenvalue weighted by molar-refractivity contribution is 9.10. The summed E-state index contributed by atoms with van der Waals surface area (Å²) in [6, 6.07) is 12.3. The van der Waals surface area contributed by atoms with Crippen LogP contribution >= 0.6 is 15.9 Å². The Kier molecular flexibility index (Phi) is 6.93. The van der Waals surface area contributed by atoms with Gasteiger partial charge in [0.1, 0.15) is 6.61 Å². The van der Waals surface area contributed by atoms with Crippen LogP contribution < -0.4 is 14.8 Å². The van der Waals surface area contributed by atoms with Crippen molar-refractivity contribution in [3.05, 3.63) is 57.6 Å². The molecule has 4 heteroatoms. The monoisotopic (exact) mass is 377 g/mol. The Balaban J connectivity index is 2.10. The van der Waals surface area contributed by atoms with E-state index in [4.69, 9.17) is 9.47 Å². The molecule has 0 saturated heterocycles. The van der Waals surface area contributed by atoms with Crippen LogP contribution in [0.25, 0.3) is 0 Å². The van der Waals surface area contributed by atoms with E-state index < -0.39 is 0 Å². The minimum atomic E-state index is 0.526. The first-order valence-electron chi connectivity index (χ1n) is 7.89. The molecule has 2 rings (SSSR count). The van der Waals surface area contributed by atoms with Gasteiger partial charge in [-0.05, 0) is 43.1 Å². The number of nitrogens with one attached hydrogen (secondary N) is 1. The summed E-state index contributed by atoms with van der Waals surface area (Å²) >= 11 is 3.62. The molecule has 0 aliphatic rings. The number of hydrogen-bond donors (Lipinski definition) is 1. The number of methoxy groups -OCH3 is 1. The van der Waals surface area contributed by atoms with Gasteiger partial charge in [0.2, 0.25) is 0 Å². The highest BCUT2D eigenvalue weighted by Crippen LogP contribution is 2.34. The Bertz CT molecular complexity index is 643. The van der Waals surface area contributed by atoms with Crippen molar-refractivity contribution in [3.8, 4) is 11.5 Å². The summed E-state index contributed by atoms with van der Waals surface area (Å²) in [6.45, 7) is 6.57. The average Bonchev–Trinajstić information content (AvgIpc) is 2.54. The molecule has 0 fully saturated rings. The van der Waals surface area contributed by atoms with Crippen molar-refractivity contribution >= 4 is 15.9 Å². The molecule has 124 valence electrons. The van der Waals surface area contributed by atoms with Crippen molar-refractivity contribution in [2.75, 3.05) is 13.7 Å². The van der Waals surface area contributed by atoms with Crippen LogP contribution in [0.3, 0.4) is 0 Å². The molecule has 2 aromatic rings. The number of hydrogen-bond acceptors (Lipinski definition) is 3. The van der Waals surface area contributed by atoms with E-state index in [9.17, 15) is 0 Å². The van der Waals surface area contributed by atoms with Crippen LogP contribution in [0.4, 0.5) is 0 Å². The maximum Gasteiger partial charge on any atom is 0.162 e. The van der Waals surface area contributed by atoms with Crippen molar-refractivity contribution < 1.29 is 9.47 Å². The molecular formula is C19H24BrNO2. The van der Waals surface area contributed by atoms with Gasteiger partial charge in [0.05, 0.1) is 7.11 Å². The molecule has 2 aromatic carbocycles. The van der Waals surface area contributed by atoms with Crippen LogP contribution in [0.15, 0.2) is 40.9 Å². The second kappa shape index (κ2) is 8.94. The summed E-state index contributed by atoms with van der Waals surface area (Å²) in [5, 5.41) is 3.40. The molecule has 0 bridgehead atoms. The van der Waals surface area contributed by atoms with Gasteiger partial charge >= 0.3 is 0 Å². The molecule has 0 saturated carbocycles. The first-order valence-corrected chi connectivity index (χ1v) is 8.68. The first-order chi connectivity index (χ1) is 11.1. The predicted octanol–water partition coefficient (Wildman–Crippen LogP) is 4.84. The number of aryl methyl sites for hydroxylation is 1. The van der Waals surface area contributed by atoms with E-state index in [1.165, 1.54) is 11.1 Å². The van der Waals surface area contributed by atoms with Gasteiger partial charge in [-0.3, -0.25) is 0 Å². The summed E-state index contributed by atoms with van der Waals surface area (Å²) in [5.74, 6) is 1.51. The van der Waals surface area contributed by atoms with Crippen LogP contribution in [-0.4, -0.2) is 13.7 Å². The van der Waals surface area contributed by atoms with Crippen molar-refractivity contribution in [2.24, 2.45) is 0 Å². The van der Waals surface area contributed by atoms with Crippen LogP contribution in [-0.2, 0) is 13.2 Å². The fourth-order valence-corrected chi connectivity index (χ4v) is 2.81. The van der Waals surface area contributed by atoms with Gasteiger partial charge in [-0.2, -0.15) is 0 Å². The van der Waals surface area contributed by atoms with Crippen molar-refractivity contribution in [1.29, 1.82) is 0 Å². The maximum absolute atomic E-state index is 5.96. The first kappa shape index (κ1) is 17.8. The Morgan fingerprint density at radius 2 is 1.96 bits per heavy atom. The molecule has 0 atom stereocenters. The third-order valence-electron chi connectivity index (χ3n) is 3.55. The SMILES string of the molecule is CCCNCc1cc(OC)c(OCc2cccc(C)c2)cc1Br. The van der Waals surface area contributed by atoms with Gasteiger partial charge in [0.15, 0.2) is 11.5 Å². The van der Waals surface area contributed by atoms with Crippen LogP contribution in [0.1, 0.15) is 30.0 Å². The summed E-state index contributed by atoms with van der Waals surface area (Å²) in [6.07, 6.45) is 1.12. The summed E-state index contributed by atoms with van der Waals surface area (Å²) in [7, 11) is 1.67. The van der Waals surface area contributed by atoms with E-state index >= 15 is 0 Å². The minimum absolute atomic E-state index is 0.526. The summed E-state index contributed by atoms with van der Waals surface area (Å²) in [4.78, 5) is 0. The van der Waals surface area contributed by atoms with E-state index in [0.29, 0.717) is 6.61 Å². The lowest BCUT2D eigenvalue weighted by atomic mass is 10.1. The van der Waals surface area contributed by atoms with Gasteiger partial charge in [-0.25, -0.2) is 0 Å². The minimum Gasteiger partial charge on any atom is -0.493 e. The Morgan fingerprint density at radius 1 is 1.13 bits per heavy atom. The van der Waals surface area contributed by atoms with Crippen LogP contribution in [0, 0.1) is 6.92 Å². The number of ether oxygens (including phenoxy) is 2. The molecule has 0 aliphatic carbocycles. The highest BCUT2D eigenvalue weighted by Gasteiger charge is 2.10. The van der Waals surface area contributed by atoms with Gasteiger partial charge in [0, 0.05) is 11.0 Å². The van der Waals surface area contributed by atoms with Crippen LogP contribution in [0.2, 0.25) is 0 Å². The normalized spacial score (nSPS) is 10.6. The standard InChI is InChI=1S/C19H24BrNO2/c1-4-8-21-12-16-10-18(22-3)19(11-17(16)20)23-13-15-7-5-6-14(2)9-15/h5-7,9-11,21H,4,8,12-13H2,1-3H3. The Hall–Kier alpha value is -1.52. The van der Waals surface area contributed by atoms with Gasteiger partial charge in [-0.15, -0.1) is 0 Å². The van der Waals surface area contributed by atoms with Crippen molar-refractivity contribution in [3.63, 3.8) is 0 Å². The molecule has 0 spiro atoms. The van der Waals surface area contributed by atoms with E-state index in [1.807, 2.05) is 18.2 Å². The molecule has 23 heavy (non-hydrogen) atoms. The fraction of sp³-hybridized carbons (Fsp3) is 0.368. The van der Waals surface area contributed by atoms with Crippen molar-refractivity contribution in [2.45, 2.75) is 33.4 Å². The predicted molar refractivity (Wildman–Crippen MR) is 98.2 cm³/mol. The number of rotatable bonds is 8. The Morgan fingerprint density at radius 3 is 2.65 bits per heavy atom. The third kappa shape index (κ3) is 5.26. The molecule has 0 radical (unpaired) electrons. The molecule has 3 nitrogen and oxygen atoms in total. The molecule has 0 amide bonds. The molecule has 1 N–H and O–H groups in total. The van der Waals surface area contributed by atoms with E-state index in [-0.39, 0.29) is 0 Å². The smallest absolute Gasteiger partial charge is 0.162 e. The van der Waals surface area contributed by atoms with E-state index in [0.717, 1.165) is 41.0 Å². The second-order valence-corrected chi connectivity index (χ2v) is 6.40. The molecular weight excluding hydrogens is 354 g/mol. The molecule has 0 aromatic heterocycles. The van der Waals surface area contributed by atoms with Gasteiger partial charge < -0.3 is 14.8 Å². The van der Waals surface area contributed by atoms with E-state index in [1.54, 1.807) is 7.11 Å². The lowest BCUT2D eigenvalue weighted by Gasteiger charge is -2.14. The lowest BCUT2D eigenvalue weighted by Crippen LogP contribution is -2.14. The third-order valence-corrected chi connectivity index (χ3v) is 4.29. The number of halogens is 1. The maximum atomic E-state index is 5.96. The largest absolute Gasteiger partial charge is 0.493 e. The zero-order valence-corrected chi connectivity index (χ0v) is 15.6. The molecule has 0 aliphatic heterocycles. The quantitative estimate of drug-likeness (QED) is 0.667. The molecule has 0 unspecified atom stereocenters. The topological polar surface area (TPSA) is 30.5 Å². The summed E-state index contributed by atoms with van der Waals surface area (Å²) in [5.41, 5.74) is 3.55. The van der Waals surface area contributed by atoms with Gasteiger partial charge in [-0.1, -0.05) is 52.7 Å². The Labute approximate surface area is 147 Å². The van der Waals surface area contributed by atoms with Crippen LogP contribution in [0.5, 0.6) is 11.5 Å². The number of benzene rings is 2. The lowest BCUT2D eigenvalue weighted by molar-refractivity contribution is 0.284. The molecule has 0 heterocycles. The fourth-order valence-electron chi connectivity index (χ4n) is 2.35. The van der Waals surface area contributed by atoms with Crippen molar-refractivity contribution in [1.82, 2.24) is 5.32 Å². The zero-order valence-electron chi connectivity index (χ0n) is 14.0. The second-order valence-electron chi connectivity index (χ2n) is 5.55. The average molecular weight is 378 g/mol. The van der Waals surface area contributed by atoms with E-state index in [2.05, 4.69) is 53.3 Å². The van der Waals surface area contributed by atoms with Gasteiger partial charge in [0.25, 0.3) is 0 Å². The zero-order chi connectivity index (χ0) is 16.7. The highest BCUT2D eigenvalue weighted by atomic mass is 79.9. The summed E-state index contributed by atoms with van der Waals surface area (Å²) < 4.78 is 12.5.